The lowest BCUT2D eigenvalue weighted by atomic mass is 9.56. The summed E-state index contributed by atoms with van der Waals surface area (Å²) in [5, 5.41) is 40.9. The van der Waals surface area contributed by atoms with Crippen LogP contribution in [0.2, 0.25) is 0 Å². The summed E-state index contributed by atoms with van der Waals surface area (Å²) in [7, 11) is 0. The minimum absolute atomic E-state index is 0.0521. The molecule has 0 aromatic heterocycles. The summed E-state index contributed by atoms with van der Waals surface area (Å²) >= 11 is 0. The third-order valence-corrected chi connectivity index (χ3v) is 8.31. The van der Waals surface area contributed by atoms with Crippen LogP contribution in [0.25, 0.3) is 0 Å². The molecule has 0 aliphatic heterocycles. The van der Waals surface area contributed by atoms with E-state index in [9.17, 15) is 25.2 Å². The van der Waals surface area contributed by atoms with E-state index in [1.54, 1.807) is 13.0 Å². The van der Waals surface area contributed by atoms with Crippen molar-refractivity contribution in [1.29, 1.82) is 0 Å². The minimum Gasteiger partial charge on any atom is -0.512 e. The Morgan fingerprint density at radius 1 is 1.12 bits per heavy atom. The Balaban J connectivity index is 1.76. The van der Waals surface area contributed by atoms with Gasteiger partial charge in [-0.1, -0.05) is 39.3 Å². The third kappa shape index (κ3) is 3.94. The SMILES string of the molecule is CC(=CCc1cc(O)cc(C)c1O)CC(=O)C[C@@]1(C)C[C@@H]2C(O)=CC(O)=C[C@@]1(C)C2(C)C. The zero-order valence-corrected chi connectivity index (χ0v) is 20.0. The van der Waals surface area contributed by atoms with E-state index in [0.717, 1.165) is 5.57 Å². The molecule has 0 amide bonds. The molecule has 1 aromatic carbocycles. The highest BCUT2D eigenvalue weighted by Gasteiger charge is 2.64. The quantitative estimate of drug-likeness (QED) is 0.312. The first-order valence-corrected chi connectivity index (χ1v) is 11.2. The number of benzene rings is 1. The monoisotopic (exact) mass is 440 g/mol. The number of hydrogen-bond donors (Lipinski definition) is 4. The van der Waals surface area contributed by atoms with Gasteiger partial charge < -0.3 is 20.4 Å². The smallest absolute Gasteiger partial charge is 0.137 e. The molecule has 0 spiro atoms. The number of phenolic OH excluding ortho intramolecular Hbond substituents is 2. The maximum atomic E-state index is 13.1. The molecule has 2 aliphatic carbocycles. The molecule has 2 bridgehead atoms. The average molecular weight is 441 g/mol. The Hall–Kier alpha value is -2.69. The van der Waals surface area contributed by atoms with Crippen LogP contribution in [0.4, 0.5) is 0 Å². The van der Waals surface area contributed by atoms with Crippen molar-refractivity contribution in [2.45, 2.75) is 67.2 Å². The predicted octanol–water partition coefficient (Wildman–Crippen LogP) is 6.20. The van der Waals surface area contributed by atoms with Gasteiger partial charge in [0, 0.05) is 35.8 Å². The second kappa shape index (κ2) is 8.02. The number of carbonyl (C=O) groups excluding carboxylic acids is 1. The molecule has 0 radical (unpaired) electrons. The first-order valence-electron chi connectivity index (χ1n) is 11.2. The summed E-state index contributed by atoms with van der Waals surface area (Å²) in [6.45, 7) is 12.0. The van der Waals surface area contributed by atoms with Crippen LogP contribution in [0, 0.1) is 29.1 Å². The molecule has 2 aliphatic rings. The summed E-state index contributed by atoms with van der Waals surface area (Å²) < 4.78 is 0. The number of allylic oxidation sites excluding steroid dienone is 5. The average Bonchev–Trinajstić information content (AvgIpc) is 2.76. The number of aliphatic hydroxyl groups excluding tert-OH is 2. The fourth-order valence-electron chi connectivity index (χ4n) is 5.89. The van der Waals surface area contributed by atoms with E-state index in [1.807, 2.05) is 19.1 Å². The fourth-order valence-corrected chi connectivity index (χ4v) is 5.89. The van der Waals surface area contributed by atoms with E-state index in [-0.39, 0.29) is 40.1 Å². The van der Waals surface area contributed by atoms with Crippen molar-refractivity contribution >= 4 is 5.78 Å². The Morgan fingerprint density at radius 3 is 2.44 bits per heavy atom. The van der Waals surface area contributed by atoms with Crippen LogP contribution in [0.1, 0.15) is 65.0 Å². The summed E-state index contributed by atoms with van der Waals surface area (Å²) in [5.74, 6) is 0.488. The molecule has 3 atom stereocenters. The number of phenols is 2. The maximum Gasteiger partial charge on any atom is 0.137 e. The second-order valence-electron chi connectivity index (χ2n) is 10.8. The minimum atomic E-state index is -0.464. The topological polar surface area (TPSA) is 98.0 Å². The molecule has 0 unspecified atom stereocenters. The van der Waals surface area contributed by atoms with E-state index in [0.29, 0.717) is 36.8 Å². The van der Waals surface area contributed by atoms with Crippen LogP contribution in [-0.2, 0) is 11.2 Å². The molecule has 5 heteroatoms. The van der Waals surface area contributed by atoms with Crippen molar-refractivity contribution in [2.24, 2.45) is 22.2 Å². The number of rotatable bonds is 6. The highest BCUT2D eigenvalue weighted by molar-refractivity contribution is 5.81. The lowest BCUT2D eigenvalue weighted by molar-refractivity contribution is -0.122. The van der Waals surface area contributed by atoms with Crippen LogP contribution < -0.4 is 0 Å². The molecule has 4 N–H and O–H groups in total. The van der Waals surface area contributed by atoms with Crippen molar-refractivity contribution in [3.05, 3.63) is 58.6 Å². The second-order valence-corrected chi connectivity index (χ2v) is 10.8. The molecular formula is C27H36O5. The molecule has 32 heavy (non-hydrogen) atoms. The van der Waals surface area contributed by atoms with E-state index in [4.69, 9.17) is 0 Å². The molecule has 0 saturated heterocycles. The van der Waals surface area contributed by atoms with Crippen molar-refractivity contribution in [1.82, 2.24) is 0 Å². The number of hydrogen-bond acceptors (Lipinski definition) is 5. The van der Waals surface area contributed by atoms with Crippen molar-refractivity contribution in [2.75, 3.05) is 0 Å². The molecule has 5 nitrogen and oxygen atoms in total. The van der Waals surface area contributed by atoms with Gasteiger partial charge in [-0.05, 0) is 61.3 Å². The van der Waals surface area contributed by atoms with Crippen LogP contribution in [-0.4, -0.2) is 26.2 Å². The van der Waals surface area contributed by atoms with Crippen molar-refractivity contribution in [3.63, 3.8) is 0 Å². The van der Waals surface area contributed by atoms with Gasteiger partial charge in [0.2, 0.25) is 0 Å². The summed E-state index contributed by atoms with van der Waals surface area (Å²) in [5.41, 5.74) is 0.955. The van der Waals surface area contributed by atoms with Gasteiger partial charge in [0.05, 0.1) is 5.76 Å². The number of aliphatic hydroxyl groups is 2. The summed E-state index contributed by atoms with van der Waals surface area (Å²) in [6.07, 6.45) is 6.92. The molecular weight excluding hydrogens is 404 g/mol. The highest BCUT2D eigenvalue weighted by atomic mass is 16.3. The van der Waals surface area contributed by atoms with Gasteiger partial charge in [-0.25, -0.2) is 0 Å². The maximum absolute atomic E-state index is 13.1. The number of aryl methyl sites for hydroxylation is 1. The summed E-state index contributed by atoms with van der Waals surface area (Å²) in [4.78, 5) is 13.1. The Kier molecular flexibility index (Phi) is 6.01. The number of Topliss-reactive ketones (excluding diaryl/α,β-unsaturated/α-hetero) is 1. The van der Waals surface area contributed by atoms with Crippen molar-refractivity contribution in [3.8, 4) is 11.5 Å². The standard InChI is InChI=1S/C27H36O5/c1-16(7-8-18-11-19(28)10-17(2)24(18)32)9-20(29)13-26(5)15-22-23(31)12-21(30)14-27(26,6)25(22,3)4/h7,10-12,14,22,28,30-32H,8-9,13,15H2,1-6H3/t22-,26+,27+/m1/s1. The van der Waals surface area contributed by atoms with Gasteiger partial charge in [0.1, 0.15) is 23.0 Å². The van der Waals surface area contributed by atoms with Crippen molar-refractivity contribution < 1.29 is 25.2 Å². The van der Waals surface area contributed by atoms with Gasteiger partial charge in [0.25, 0.3) is 0 Å². The molecule has 1 saturated carbocycles. The highest BCUT2D eigenvalue weighted by Crippen LogP contribution is 2.69. The summed E-state index contributed by atoms with van der Waals surface area (Å²) in [6, 6.07) is 3.06. The lowest BCUT2D eigenvalue weighted by Crippen LogP contribution is -2.42. The first kappa shape index (κ1) is 24.0. The van der Waals surface area contributed by atoms with Crippen LogP contribution in [0.3, 0.4) is 0 Å². The largest absolute Gasteiger partial charge is 0.512 e. The van der Waals surface area contributed by atoms with Crippen LogP contribution >= 0.6 is 0 Å². The number of ketones is 1. The fraction of sp³-hybridized carbons (Fsp3) is 0.519. The number of aromatic hydroxyl groups is 2. The van der Waals surface area contributed by atoms with E-state index < -0.39 is 10.8 Å². The predicted molar refractivity (Wildman–Crippen MR) is 126 cm³/mol. The van der Waals surface area contributed by atoms with Gasteiger partial charge in [-0.3, -0.25) is 4.79 Å². The van der Waals surface area contributed by atoms with Gasteiger partial charge in [0.15, 0.2) is 0 Å². The lowest BCUT2D eigenvalue weighted by Gasteiger charge is -2.46. The van der Waals surface area contributed by atoms with Gasteiger partial charge >= 0.3 is 0 Å². The first-order chi connectivity index (χ1) is 14.7. The zero-order chi connectivity index (χ0) is 24.1. The molecule has 1 aromatic rings. The van der Waals surface area contributed by atoms with E-state index >= 15 is 0 Å². The molecule has 3 rings (SSSR count). The molecule has 1 fully saturated rings. The normalized spacial score (nSPS) is 29.3. The third-order valence-electron chi connectivity index (χ3n) is 8.31. The molecule has 174 valence electrons. The number of carbonyl (C=O) groups is 1. The van der Waals surface area contributed by atoms with E-state index in [1.165, 1.54) is 12.1 Å². The van der Waals surface area contributed by atoms with Gasteiger partial charge in [-0.15, -0.1) is 0 Å². The zero-order valence-electron chi connectivity index (χ0n) is 20.0. The number of fused-ring (bicyclic) bond motifs is 2. The van der Waals surface area contributed by atoms with E-state index in [2.05, 4.69) is 27.7 Å². The Morgan fingerprint density at radius 2 is 1.78 bits per heavy atom. The Bertz CT molecular complexity index is 1030. The van der Waals surface area contributed by atoms with Gasteiger partial charge in [-0.2, -0.15) is 0 Å². The Labute approximate surface area is 190 Å². The molecule has 0 heterocycles. The van der Waals surface area contributed by atoms with Crippen LogP contribution in [0.5, 0.6) is 11.5 Å². The van der Waals surface area contributed by atoms with Crippen LogP contribution in [0.15, 0.2) is 47.5 Å².